The summed E-state index contributed by atoms with van der Waals surface area (Å²) in [6.45, 7) is 4.70. The maximum Gasteiger partial charge on any atom is 0.236 e. The molecule has 0 aliphatic carbocycles. The molecule has 0 aromatic carbocycles. The zero-order valence-corrected chi connectivity index (χ0v) is 13.1. The third kappa shape index (κ3) is 3.51. The van der Waals surface area contributed by atoms with Gasteiger partial charge in [-0.15, -0.1) is 0 Å². The van der Waals surface area contributed by atoms with Gasteiger partial charge >= 0.3 is 0 Å². The van der Waals surface area contributed by atoms with Gasteiger partial charge in [-0.2, -0.15) is 0 Å². The third-order valence-corrected chi connectivity index (χ3v) is 4.86. The first kappa shape index (κ1) is 15.7. The first-order valence-electron chi connectivity index (χ1n) is 7.56. The van der Waals surface area contributed by atoms with E-state index in [0.29, 0.717) is 17.9 Å². The lowest BCUT2D eigenvalue weighted by Crippen LogP contribution is -2.51. The van der Waals surface area contributed by atoms with Crippen LogP contribution < -0.4 is 0 Å². The van der Waals surface area contributed by atoms with Gasteiger partial charge in [0.05, 0.1) is 19.8 Å². The number of carbonyl (C=O) groups is 1. The number of amides is 1. The Morgan fingerprint density at radius 3 is 2.65 bits per heavy atom. The Bertz CT molecular complexity index is 323. The number of hydrogen-bond donors (Lipinski definition) is 0. The summed E-state index contributed by atoms with van der Waals surface area (Å²) in [7, 11) is 5.64. The first-order valence-corrected chi connectivity index (χ1v) is 7.56. The van der Waals surface area contributed by atoms with Gasteiger partial charge in [-0.1, -0.05) is 0 Å². The molecule has 1 amide bonds. The fourth-order valence-electron chi connectivity index (χ4n) is 3.54. The molecule has 20 heavy (non-hydrogen) atoms. The summed E-state index contributed by atoms with van der Waals surface area (Å²) >= 11 is 0. The zero-order valence-electron chi connectivity index (χ0n) is 13.1. The average Bonchev–Trinajstić information content (AvgIpc) is 2.42. The Morgan fingerprint density at radius 2 is 2.05 bits per heavy atom. The summed E-state index contributed by atoms with van der Waals surface area (Å²) in [6.07, 6.45) is 3.28. The second-order valence-electron chi connectivity index (χ2n) is 6.46. The molecule has 2 fully saturated rings. The Labute approximate surface area is 122 Å². The van der Waals surface area contributed by atoms with Crippen LogP contribution in [0.3, 0.4) is 0 Å². The number of carbonyl (C=O) groups excluding carboxylic acids is 1. The minimum atomic E-state index is 0.250. The molecule has 2 aliphatic heterocycles. The van der Waals surface area contributed by atoms with Crippen molar-refractivity contribution in [2.75, 3.05) is 60.7 Å². The van der Waals surface area contributed by atoms with Crippen molar-refractivity contribution in [1.29, 1.82) is 0 Å². The quantitative estimate of drug-likeness (QED) is 0.767. The van der Waals surface area contributed by atoms with Crippen LogP contribution >= 0.6 is 0 Å². The van der Waals surface area contributed by atoms with Crippen molar-refractivity contribution in [2.45, 2.75) is 19.3 Å². The smallest absolute Gasteiger partial charge is 0.236 e. The number of nitrogens with zero attached hydrogens (tertiary/aromatic N) is 2. The second-order valence-corrected chi connectivity index (χ2v) is 6.46. The molecule has 5 heteroatoms. The van der Waals surface area contributed by atoms with Crippen molar-refractivity contribution in [3.05, 3.63) is 0 Å². The molecule has 5 nitrogen and oxygen atoms in total. The highest BCUT2D eigenvalue weighted by atomic mass is 16.5. The Morgan fingerprint density at radius 1 is 1.35 bits per heavy atom. The summed E-state index contributed by atoms with van der Waals surface area (Å²) < 4.78 is 11.0. The largest absolute Gasteiger partial charge is 0.384 e. The van der Waals surface area contributed by atoms with Crippen molar-refractivity contribution in [1.82, 2.24) is 9.80 Å². The molecule has 116 valence electrons. The Kier molecular flexibility index (Phi) is 5.41. The molecule has 0 N–H and O–H groups in total. The Hall–Kier alpha value is -0.650. The molecule has 2 heterocycles. The molecule has 0 saturated carbocycles. The minimum absolute atomic E-state index is 0.250. The number of piperidine rings is 1. The number of likely N-dealkylation sites (N-methyl/N-ethyl adjacent to an activating group) is 1. The minimum Gasteiger partial charge on any atom is -0.384 e. The lowest BCUT2D eigenvalue weighted by molar-refractivity contribution is -0.139. The van der Waals surface area contributed by atoms with E-state index in [-0.39, 0.29) is 5.91 Å². The normalized spacial score (nSPS) is 26.2. The molecular formula is C15H28N2O3. The third-order valence-electron chi connectivity index (χ3n) is 4.86. The van der Waals surface area contributed by atoms with E-state index >= 15 is 0 Å². The van der Waals surface area contributed by atoms with E-state index in [9.17, 15) is 4.79 Å². The van der Waals surface area contributed by atoms with Gasteiger partial charge < -0.3 is 19.3 Å². The van der Waals surface area contributed by atoms with Gasteiger partial charge in [0.15, 0.2) is 0 Å². The van der Waals surface area contributed by atoms with Crippen LogP contribution in [0.2, 0.25) is 0 Å². The zero-order chi connectivity index (χ0) is 14.6. The van der Waals surface area contributed by atoms with Crippen molar-refractivity contribution in [3.63, 3.8) is 0 Å². The van der Waals surface area contributed by atoms with Crippen LogP contribution in [0.5, 0.6) is 0 Å². The number of hydrogen-bond acceptors (Lipinski definition) is 4. The predicted molar refractivity (Wildman–Crippen MR) is 77.6 cm³/mol. The molecule has 2 rings (SSSR count). The maximum atomic E-state index is 12.1. The lowest BCUT2D eigenvalue weighted by Gasteiger charge is -2.49. The fraction of sp³-hybridized carbons (Fsp3) is 0.933. The summed E-state index contributed by atoms with van der Waals surface area (Å²) in [5.41, 5.74) is 0.323. The van der Waals surface area contributed by atoms with Crippen LogP contribution in [0.4, 0.5) is 0 Å². The highest BCUT2D eigenvalue weighted by Gasteiger charge is 2.43. The van der Waals surface area contributed by atoms with E-state index in [0.717, 1.165) is 52.2 Å². The first-order chi connectivity index (χ1) is 9.57. The number of likely N-dealkylation sites (tertiary alicyclic amines) is 1. The van der Waals surface area contributed by atoms with E-state index in [1.807, 2.05) is 23.9 Å². The van der Waals surface area contributed by atoms with E-state index in [1.54, 1.807) is 7.11 Å². The van der Waals surface area contributed by atoms with E-state index in [1.165, 1.54) is 0 Å². The number of rotatable bonds is 4. The van der Waals surface area contributed by atoms with Gasteiger partial charge in [-0.25, -0.2) is 0 Å². The van der Waals surface area contributed by atoms with Crippen LogP contribution in [0.25, 0.3) is 0 Å². The van der Waals surface area contributed by atoms with E-state index < -0.39 is 0 Å². The molecule has 2 aliphatic rings. The van der Waals surface area contributed by atoms with Crippen molar-refractivity contribution >= 4 is 5.91 Å². The standard InChI is InChI=1S/C15H28N2O3/c1-16(2)10-14(18)17-7-4-15(5-8-17)6-9-20-12-13(15)11-19-3/h13H,4-12H2,1-3H3/t13-/m0/s1. The van der Waals surface area contributed by atoms with Crippen LogP contribution in [-0.2, 0) is 14.3 Å². The molecule has 1 atom stereocenters. The maximum absolute atomic E-state index is 12.1. The highest BCUT2D eigenvalue weighted by molar-refractivity contribution is 5.78. The van der Waals surface area contributed by atoms with Crippen LogP contribution in [0.15, 0.2) is 0 Å². The van der Waals surface area contributed by atoms with E-state index in [2.05, 4.69) is 0 Å². The SMILES string of the molecule is COC[C@H]1COCCC12CCN(C(=O)CN(C)C)CC2. The molecule has 0 bridgehead atoms. The lowest BCUT2D eigenvalue weighted by atomic mass is 9.66. The topological polar surface area (TPSA) is 42.0 Å². The van der Waals surface area contributed by atoms with Gasteiger partial charge in [0.2, 0.25) is 5.91 Å². The van der Waals surface area contributed by atoms with Crippen molar-refractivity contribution < 1.29 is 14.3 Å². The summed E-state index contributed by atoms with van der Waals surface area (Å²) in [5.74, 6) is 0.729. The number of ether oxygens (including phenoxy) is 2. The van der Waals surface area contributed by atoms with Gasteiger partial charge in [-0.3, -0.25) is 4.79 Å². The highest BCUT2D eigenvalue weighted by Crippen LogP contribution is 2.44. The van der Waals surface area contributed by atoms with Crippen LogP contribution in [0, 0.1) is 11.3 Å². The van der Waals surface area contributed by atoms with Crippen molar-refractivity contribution in [2.24, 2.45) is 11.3 Å². The average molecular weight is 284 g/mol. The summed E-state index contributed by atoms with van der Waals surface area (Å²) in [5, 5.41) is 0. The monoisotopic (exact) mass is 284 g/mol. The van der Waals surface area contributed by atoms with Gasteiger partial charge in [0.1, 0.15) is 0 Å². The van der Waals surface area contributed by atoms with E-state index in [4.69, 9.17) is 9.47 Å². The molecule has 1 spiro atoms. The molecular weight excluding hydrogens is 256 g/mol. The predicted octanol–water partition coefficient (Wildman–Crippen LogP) is 0.840. The molecule has 2 saturated heterocycles. The van der Waals surface area contributed by atoms with Crippen LogP contribution in [0.1, 0.15) is 19.3 Å². The summed E-state index contributed by atoms with van der Waals surface area (Å²) in [4.78, 5) is 16.1. The molecule has 0 radical (unpaired) electrons. The van der Waals surface area contributed by atoms with Gasteiger partial charge in [0, 0.05) is 32.7 Å². The molecule has 0 aromatic heterocycles. The van der Waals surface area contributed by atoms with Crippen LogP contribution in [-0.4, -0.2) is 76.4 Å². The summed E-state index contributed by atoms with van der Waals surface area (Å²) in [6, 6.07) is 0. The van der Waals surface area contributed by atoms with Crippen molar-refractivity contribution in [3.8, 4) is 0 Å². The van der Waals surface area contributed by atoms with Gasteiger partial charge in [-0.05, 0) is 38.8 Å². The molecule has 0 unspecified atom stereocenters. The van der Waals surface area contributed by atoms with Gasteiger partial charge in [0.25, 0.3) is 0 Å². The number of methoxy groups -OCH3 is 1. The molecule has 0 aromatic rings. The fourth-order valence-corrected chi connectivity index (χ4v) is 3.54. The second kappa shape index (κ2) is 6.87. The Balaban J connectivity index is 1.92.